The summed E-state index contributed by atoms with van der Waals surface area (Å²) in [5.41, 5.74) is 7.85. The number of carbonyl (C=O) groups is 1. The molecule has 0 saturated carbocycles. The van der Waals surface area contributed by atoms with Crippen LogP contribution in [0.2, 0.25) is 0 Å². The molecule has 1 amide bonds. The lowest BCUT2D eigenvalue weighted by Gasteiger charge is -2.35. The number of amides is 1. The van der Waals surface area contributed by atoms with Gasteiger partial charge in [-0.1, -0.05) is 24.6 Å². The van der Waals surface area contributed by atoms with Crippen molar-refractivity contribution in [1.29, 1.82) is 0 Å². The number of nitrogens with zero attached hydrogens (tertiary/aromatic N) is 2. The van der Waals surface area contributed by atoms with E-state index in [4.69, 9.17) is 10.5 Å². The Balaban J connectivity index is 1.81. The molecule has 136 valence electrons. The molecule has 1 aliphatic rings. The molecule has 0 bridgehead atoms. The van der Waals surface area contributed by atoms with Crippen LogP contribution in [0.15, 0.2) is 30.5 Å². The highest BCUT2D eigenvalue weighted by Crippen LogP contribution is 2.27. The SMILES string of the molecule is COCCC1CCCCN1Cc1cn(CCC(N)=O)c2ccccc12. The average molecular weight is 343 g/mol. The third kappa shape index (κ3) is 4.41. The number of nitrogens with two attached hydrogens (primary N) is 1. The first-order valence-electron chi connectivity index (χ1n) is 9.27. The number of fused-ring (bicyclic) bond motifs is 1. The fourth-order valence-corrected chi connectivity index (χ4v) is 3.93. The van der Waals surface area contributed by atoms with Crippen molar-refractivity contribution in [3.8, 4) is 0 Å². The van der Waals surface area contributed by atoms with E-state index >= 15 is 0 Å². The average Bonchev–Trinajstić information content (AvgIpc) is 2.97. The smallest absolute Gasteiger partial charge is 0.219 e. The molecule has 5 nitrogen and oxygen atoms in total. The van der Waals surface area contributed by atoms with Crippen LogP contribution in [0.4, 0.5) is 0 Å². The van der Waals surface area contributed by atoms with Gasteiger partial charge < -0.3 is 15.0 Å². The molecule has 2 heterocycles. The quantitative estimate of drug-likeness (QED) is 0.802. The summed E-state index contributed by atoms with van der Waals surface area (Å²) in [4.78, 5) is 13.8. The van der Waals surface area contributed by atoms with Crippen molar-refractivity contribution in [2.75, 3.05) is 20.3 Å². The molecule has 0 radical (unpaired) electrons. The van der Waals surface area contributed by atoms with Gasteiger partial charge >= 0.3 is 0 Å². The lowest BCUT2D eigenvalue weighted by atomic mass is 9.98. The van der Waals surface area contributed by atoms with Crippen molar-refractivity contribution in [1.82, 2.24) is 9.47 Å². The molecular formula is C20H29N3O2. The first-order chi connectivity index (χ1) is 12.2. The standard InChI is InChI=1S/C20H29N3O2/c1-25-13-10-17-6-4-5-11-22(17)14-16-15-23(12-9-20(21)24)19-8-3-2-7-18(16)19/h2-3,7-8,15,17H,4-6,9-14H2,1H3,(H2,21,24). The van der Waals surface area contributed by atoms with Crippen molar-refractivity contribution in [3.05, 3.63) is 36.0 Å². The Kier molecular flexibility index (Phi) is 6.10. The fraction of sp³-hybridized carbons (Fsp3) is 0.550. The van der Waals surface area contributed by atoms with Gasteiger partial charge in [0.25, 0.3) is 0 Å². The molecule has 0 spiro atoms. The van der Waals surface area contributed by atoms with E-state index in [1.807, 2.05) is 0 Å². The first kappa shape index (κ1) is 18.0. The third-order valence-electron chi connectivity index (χ3n) is 5.25. The topological polar surface area (TPSA) is 60.5 Å². The summed E-state index contributed by atoms with van der Waals surface area (Å²) in [7, 11) is 1.78. The van der Waals surface area contributed by atoms with E-state index < -0.39 is 0 Å². The highest BCUT2D eigenvalue weighted by molar-refractivity contribution is 5.84. The molecule has 1 aromatic carbocycles. The highest BCUT2D eigenvalue weighted by atomic mass is 16.5. The third-order valence-corrected chi connectivity index (χ3v) is 5.25. The number of ether oxygens (including phenoxy) is 1. The minimum Gasteiger partial charge on any atom is -0.385 e. The predicted octanol–water partition coefficient (Wildman–Crippen LogP) is 2.91. The number of aromatic nitrogens is 1. The van der Waals surface area contributed by atoms with E-state index in [1.54, 1.807) is 7.11 Å². The van der Waals surface area contributed by atoms with E-state index in [-0.39, 0.29) is 5.91 Å². The summed E-state index contributed by atoms with van der Waals surface area (Å²) in [6.45, 7) is 3.57. The second kappa shape index (κ2) is 8.50. The summed E-state index contributed by atoms with van der Waals surface area (Å²) in [5.74, 6) is -0.255. The molecule has 1 saturated heterocycles. The van der Waals surface area contributed by atoms with E-state index in [0.29, 0.717) is 19.0 Å². The van der Waals surface area contributed by atoms with Gasteiger partial charge in [0, 0.05) is 56.4 Å². The summed E-state index contributed by atoms with van der Waals surface area (Å²) < 4.78 is 7.47. The maximum absolute atomic E-state index is 11.2. The monoisotopic (exact) mass is 343 g/mol. The minimum absolute atomic E-state index is 0.255. The molecule has 25 heavy (non-hydrogen) atoms. The number of aryl methyl sites for hydroxylation is 1. The number of piperidine rings is 1. The molecule has 2 N–H and O–H groups in total. The van der Waals surface area contributed by atoms with Crippen LogP contribution in [0, 0.1) is 0 Å². The predicted molar refractivity (Wildman–Crippen MR) is 100 cm³/mol. The Morgan fingerprint density at radius 3 is 2.96 bits per heavy atom. The summed E-state index contributed by atoms with van der Waals surface area (Å²) >= 11 is 0. The second-order valence-corrected chi connectivity index (χ2v) is 6.98. The van der Waals surface area contributed by atoms with E-state index in [9.17, 15) is 4.79 Å². The number of carbonyl (C=O) groups excluding carboxylic acids is 1. The van der Waals surface area contributed by atoms with Crippen LogP contribution in [0.5, 0.6) is 0 Å². The van der Waals surface area contributed by atoms with Crippen molar-refractivity contribution < 1.29 is 9.53 Å². The Labute approximate surface area is 149 Å². The normalized spacial score (nSPS) is 18.7. The number of likely N-dealkylation sites (tertiary alicyclic amines) is 1. The van der Waals surface area contributed by atoms with Crippen LogP contribution in [0.3, 0.4) is 0 Å². The van der Waals surface area contributed by atoms with Gasteiger partial charge in [0.2, 0.25) is 5.91 Å². The Bertz CT molecular complexity index is 710. The van der Waals surface area contributed by atoms with Crippen molar-refractivity contribution >= 4 is 16.8 Å². The lowest BCUT2D eigenvalue weighted by Crippen LogP contribution is -2.39. The largest absolute Gasteiger partial charge is 0.385 e. The lowest BCUT2D eigenvalue weighted by molar-refractivity contribution is -0.118. The number of hydrogen-bond acceptors (Lipinski definition) is 3. The summed E-state index contributed by atoms with van der Waals surface area (Å²) in [5, 5.41) is 1.28. The molecule has 1 atom stereocenters. The maximum Gasteiger partial charge on any atom is 0.219 e. The van der Waals surface area contributed by atoms with E-state index in [0.717, 1.165) is 26.1 Å². The van der Waals surface area contributed by atoms with Crippen LogP contribution in [-0.4, -0.2) is 41.7 Å². The molecule has 0 aliphatic carbocycles. The van der Waals surface area contributed by atoms with Gasteiger partial charge in [0.1, 0.15) is 0 Å². The molecule has 1 fully saturated rings. The molecule has 2 aromatic rings. The van der Waals surface area contributed by atoms with Gasteiger partial charge in [-0.3, -0.25) is 9.69 Å². The molecular weight excluding hydrogens is 314 g/mol. The second-order valence-electron chi connectivity index (χ2n) is 6.98. The van der Waals surface area contributed by atoms with E-state index in [1.165, 1.54) is 35.7 Å². The number of rotatable bonds is 8. The van der Waals surface area contributed by atoms with Crippen molar-refractivity contribution in [3.63, 3.8) is 0 Å². The van der Waals surface area contributed by atoms with Crippen molar-refractivity contribution in [2.45, 2.75) is 51.2 Å². The van der Waals surface area contributed by atoms with Gasteiger partial charge in [0.05, 0.1) is 0 Å². The van der Waals surface area contributed by atoms with Crippen LogP contribution in [0.1, 0.15) is 37.7 Å². The van der Waals surface area contributed by atoms with Crippen LogP contribution in [0.25, 0.3) is 10.9 Å². The number of methoxy groups -OCH3 is 1. The molecule has 5 heteroatoms. The van der Waals surface area contributed by atoms with E-state index in [2.05, 4.69) is 39.9 Å². The molecule has 1 unspecified atom stereocenters. The van der Waals surface area contributed by atoms with Gasteiger partial charge in [-0.2, -0.15) is 0 Å². The molecule has 1 aromatic heterocycles. The summed E-state index contributed by atoms with van der Waals surface area (Å²) in [6, 6.07) is 9.04. The van der Waals surface area contributed by atoms with Gasteiger partial charge in [-0.15, -0.1) is 0 Å². The van der Waals surface area contributed by atoms with Crippen LogP contribution >= 0.6 is 0 Å². The zero-order valence-electron chi connectivity index (χ0n) is 15.1. The fourth-order valence-electron chi connectivity index (χ4n) is 3.93. The maximum atomic E-state index is 11.2. The van der Waals surface area contributed by atoms with Crippen molar-refractivity contribution in [2.24, 2.45) is 5.73 Å². The Morgan fingerprint density at radius 1 is 1.32 bits per heavy atom. The van der Waals surface area contributed by atoms with Gasteiger partial charge in [-0.25, -0.2) is 0 Å². The van der Waals surface area contributed by atoms with Crippen LogP contribution in [-0.2, 0) is 22.6 Å². The number of hydrogen-bond donors (Lipinski definition) is 1. The zero-order chi connectivity index (χ0) is 17.6. The number of primary amides is 1. The van der Waals surface area contributed by atoms with Gasteiger partial charge in [0.15, 0.2) is 0 Å². The zero-order valence-corrected chi connectivity index (χ0v) is 15.1. The number of benzene rings is 1. The highest BCUT2D eigenvalue weighted by Gasteiger charge is 2.23. The summed E-state index contributed by atoms with van der Waals surface area (Å²) in [6.07, 6.45) is 7.50. The molecule has 1 aliphatic heterocycles. The minimum atomic E-state index is -0.255. The first-order valence-corrected chi connectivity index (χ1v) is 9.27. The van der Waals surface area contributed by atoms with Crippen LogP contribution < -0.4 is 5.73 Å². The Morgan fingerprint density at radius 2 is 2.16 bits per heavy atom. The number of para-hydroxylation sites is 1. The van der Waals surface area contributed by atoms with Gasteiger partial charge in [-0.05, 0) is 37.4 Å². The Hall–Kier alpha value is -1.85. The molecule has 3 rings (SSSR count).